The van der Waals surface area contributed by atoms with Gasteiger partial charge in [-0.25, -0.2) is 18.2 Å². The molecular weight excluding hydrogens is 251 g/mol. The molecule has 6 heteroatoms. The minimum absolute atomic E-state index is 0.160. The van der Waals surface area contributed by atoms with Gasteiger partial charge in [0.25, 0.3) is 6.43 Å². The van der Waals surface area contributed by atoms with Gasteiger partial charge in [-0.15, -0.1) is 0 Å². The lowest BCUT2D eigenvalue weighted by molar-refractivity contribution is 0.111. The van der Waals surface area contributed by atoms with E-state index in [-0.39, 0.29) is 10.9 Å². The zero-order valence-corrected chi connectivity index (χ0v) is 7.69. The van der Waals surface area contributed by atoms with Crippen molar-refractivity contribution in [1.82, 2.24) is 4.98 Å². The Kier molecular flexibility index (Phi) is 3.02. The summed E-state index contributed by atoms with van der Waals surface area (Å²) in [6, 6.07) is 0.720. The third kappa shape index (κ3) is 2.06. The number of hydrogen-bond donors (Lipinski definition) is 0. The molecule has 1 aromatic heterocycles. The Balaban J connectivity index is 3.30. The summed E-state index contributed by atoms with van der Waals surface area (Å²) < 4.78 is 36.6. The van der Waals surface area contributed by atoms with E-state index in [1.165, 1.54) is 0 Å². The number of rotatable bonds is 2. The Morgan fingerprint density at radius 3 is 2.62 bits per heavy atom. The van der Waals surface area contributed by atoms with E-state index in [1.54, 1.807) is 0 Å². The van der Waals surface area contributed by atoms with Crippen LogP contribution in [0.2, 0.25) is 0 Å². The quantitative estimate of drug-likeness (QED) is 0.600. The number of aldehydes is 1. The van der Waals surface area contributed by atoms with E-state index in [0.29, 0.717) is 0 Å². The molecule has 0 N–H and O–H groups in total. The molecule has 2 nitrogen and oxygen atoms in total. The first-order valence-corrected chi connectivity index (χ1v) is 3.95. The van der Waals surface area contributed by atoms with Crippen LogP contribution in [0, 0.1) is 5.82 Å². The van der Waals surface area contributed by atoms with Crippen LogP contribution >= 0.6 is 15.9 Å². The van der Waals surface area contributed by atoms with Crippen molar-refractivity contribution in [2.24, 2.45) is 0 Å². The van der Waals surface area contributed by atoms with Gasteiger partial charge in [-0.1, -0.05) is 0 Å². The Hall–Kier alpha value is -0.910. The van der Waals surface area contributed by atoms with E-state index in [4.69, 9.17) is 0 Å². The molecule has 0 radical (unpaired) electrons. The Morgan fingerprint density at radius 1 is 1.54 bits per heavy atom. The normalized spacial score (nSPS) is 10.5. The van der Waals surface area contributed by atoms with Crippen molar-refractivity contribution < 1.29 is 18.0 Å². The number of aromatic nitrogens is 1. The van der Waals surface area contributed by atoms with Crippen LogP contribution in [-0.4, -0.2) is 11.3 Å². The van der Waals surface area contributed by atoms with Crippen LogP contribution in [0.4, 0.5) is 13.2 Å². The van der Waals surface area contributed by atoms with E-state index in [2.05, 4.69) is 20.9 Å². The molecule has 0 unspecified atom stereocenters. The second-order valence-corrected chi connectivity index (χ2v) is 2.91. The number of carbonyl (C=O) groups excluding carboxylic acids is 1. The van der Waals surface area contributed by atoms with Crippen LogP contribution in [0.1, 0.15) is 22.5 Å². The molecule has 1 rings (SSSR count). The fourth-order valence-electron chi connectivity index (χ4n) is 0.734. The number of alkyl halides is 2. The molecule has 0 fully saturated rings. The fraction of sp³-hybridized carbons (Fsp3) is 0.143. The third-order valence-corrected chi connectivity index (χ3v) is 1.84. The summed E-state index contributed by atoms with van der Waals surface area (Å²) in [6.07, 6.45) is -2.66. The van der Waals surface area contributed by atoms with E-state index >= 15 is 0 Å². The van der Waals surface area contributed by atoms with Gasteiger partial charge in [0.2, 0.25) is 0 Å². The molecule has 0 aliphatic heterocycles. The Bertz CT molecular complexity index is 343. The van der Waals surface area contributed by atoms with E-state index in [9.17, 15) is 18.0 Å². The third-order valence-electron chi connectivity index (χ3n) is 1.32. The molecule has 0 bridgehead atoms. The van der Waals surface area contributed by atoms with Crippen molar-refractivity contribution in [3.8, 4) is 0 Å². The maximum Gasteiger partial charge on any atom is 0.280 e. The van der Waals surface area contributed by atoms with Gasteiger partial charge in [-0.05, 0) is 22.0 Å². The second kappa shape index (κ2) is 3.87. The average Bonchev–Trinajstić information content (AvgIpc) is 2.09. The van der Waals surface area contributed by atoms with Crippen molar-refractivity contribution in [3.05, 3.63) is 27.7 Å². The summed E-state index contributed by atoms with van der Waals surface area (Å²) in [7, 11) is 0. The highest BCUT2D eigenvalue weighted by Gasteiger charge is 2.15. The first kappa shape index (κ1) is 10.2. The molecule has 0 aliphatic rings. The zero-order chi connectivity index (χ0) is 10.0. The molecular formula is C7H3BrF3NO. The molecule has 0 spiro atoms. The van der Waals surface area contributed by atoms with Gasteiger partial charge in [-0.2, -0.15) is 0 Å². The standard InChI is InChI=1S/C7H3BrF3NO/c8-6-5(9)3(2-13)1-4(12-6)7(10)11/h1-2,7H. The van der Waals surface area contributed by atoms with Crippen molar-refractivity contribution >= 4 is 22.2 Å². The first-order valence-electron chi connectivity index (χ1n) is 3.15. The van der Waals surface area contributed by atoms with Crippen LogP contribution in [0.5, 0.6) is 0 Å². The molecule has 0 aromatic carbocycles. The van der Waals surface area contributed by atoms with Gasteiger partial charge in [0.1, 0.15) is 10.3 Å². The van der Waals surface area contributed by atoms with Crippen LogP contribution in [0.25, 0.3) is 0 Å². The summed E-state index contributed by atoms with van der Waals surface area (Å²) in [6.45, 7) is 0. The maximum absolute atomic E-state index is 12.9. The predicted molar refractivity (Wildman–Crippen MR) is 42.2 cm³/mol. The maximum atomic E-state index is 12.9. The molecule has 0 atom stereocenters. The lowest BCUT2D eigenvalue weighted by Gasteiger charge is -2.02. The SMILES string of the molecule is O=Cc1cc(C(F)F)nc(Br)c1F. The smallest absolute Gasteiger partial charge is 0.280 e. The first-order chi connectivity index (χ1) is 6.06. The van der Waals surface area contributed by atoms with Gasteiger partial charge in [0, 0.05) is 0 Å². The summed E-state index contributed by atoms with van der Waals surface area (Å²) in [5.41, 5.74) is -1.06. The second-order valence-electron chi connectivity index (χ2n) is 2.16. The molecule has 0 saturated carbocycles. The monoisotopic (exact) mass is 253 g/mol. The van der Waals surface area contributed by atoms with Crippen LogP contribution in [-0.2, 0) is 0 Å². The van der Waals surface area contributed by atoms with E-state index in [1.807, 2.05) is 0 Å². The highest BCUT2D eigenvalue weighted by Crippen LogP contribution is 2.23. The number of hydrogen-bond acceptors (Lipinski definition) is 2. The number of pyridine rings is 1. The lowest BCUT2D eigenvalue weighted by Crippen LogP contribution is -1.98. The topological polar surface area (TPSA) is 30.0 Å². The molecule has 1 heterocycles. The van der Waals surface area contributed by atoms with Crippen molar-refractivity contribution in [3.63, 3.8) is 0 Å². The van der Waals surface area contributed by atoms with Crippen molar-refractivity contribution in [1.29, 1.82) is 0 Å². The highest BCUT2D eigenvalue weighted by atomic mass is 79.9. The van der Waals surface area contributed by atoms with Crippen LogP contribution < -0.4 is 0 Å². The number of carbonyl (C=O) groups is 1. The molecule has 0 saturated heterocycles. The minimum Gasteiger partial charge on any atom is -0.298 e. The van der Waals surface area contributed by atoms with Crippen molar-refractivity contribution in [2.45, 2.75) is 6.43 Å². The summed E-state index contributed by atoms with van der Waals surface area (Å²) in [4.78, 5) is 13.4. The molecule has 0 aliphatic carbocycles. The van der Waals surface area contributed by atoms with Gasteiger partial charge in [0.05, 0.1) is 5.56 Å². The van der Waals surface area contributed by atoms with Gasteiger partial charge in [-0.3, -0.25) is 4.79 Å². The number of halogens is 4. The fourth-order valence-corrected chi connectivity index (χ4v) is 1.17. The Morgan fingerprint density at radius 2 is 2.15 bits per heavy atom. The average molecular weight is 254 g/mol. The van der Waals surface area contributed by atoms with Crippen LogP contribution in [0.3, 0.4) is 0 Å². The molecule has 13 heavy (non-hydrogen) atoms. The number of nitrogens with zero attached hydrogens (tertiary/aromatic N) is 1. The molecule has 70 valence electrons. The van der Waals surface area contributed by atoms with Crippen molar-refractivity contribution in [2.75, 3.05) is 0 Å². The van der Waals surface area contributed by atoms with E-state index < -0.39 is 23.5 Å². The largest absolute Gasteiger partial charge is 0.298 e. The zero-order valence-electron chi connectivity index (χ0n) is 6.10. The highest BCUT2D eigenvalue weighted by molar-refractivity contribution is 9.10. The lowest BCUT2D eigenvalue weighted by atomic mass is 10.2. The predicted octanol–water partition coefficient (Wildman–Crippen LogP) is 2.73. The molecule has 0 amide bonds. The summed E-state index contributed by atoms with van der Waals surface area (Å²) in [5.74, 6) is -0.931. The van der Waals surface area contributed by atoms with Gasteiger partial charge < -0.3 is 0 Å². The van der Waals surface area contributed by atoms with Gasteiger partial charge >= 0.3 is 0 Å². The summed E-state index contributed by atoms with van der Waals surface area (Å²) in [5, 5.41) is 0. The minimum atomic E-state index is -2.82. The Labute approximate surface area is 79.9 Å². The van der Waals surface area contributed by atoms with E-state index in [0.717, 1.165) is 6.07 Å². The molecule has 1 aromatic rings. The van der Waals surface area contributed by atoms with Gasteiger partial charge in [0.15, 0.2) is 12.1 Å². The summed E-state index contributed by atoms with van der Waals surface area (Å²) >= 11 is 2.63. The van der Waals surface area contributed by atoms with Crippen LogP contribution in [0.15, 0.2) is 10.7 Å².